The molecule has 0 fully saturated rings. The lowest BCUT2D eigenvalue weighted by Crippen LogP contribution is -2.42. The average molecular weight is 413 g/mol. The van der Waals surface area contributed by atoms with Crippen molar-refractivity contribution in [2.75, 3.05) is 11.9 Å². The minimum atomic E-state index is -3.82. The van der Waals surface area contributed by atoms with Crippen LogP contribution >= 0.6 is 0 Å². The largest absolute Gasteiger partial charge is 0.348 e. The summed E-state index contributed by atoms with van der Waals surface area (Å²) >= 11 is 0. The molecule has 1 aromatic heterocycles. The molecule has 4 rings (SSSR count). The van der Waals surface area contributed by atoms with Crippen molar-refractivity contribution in [3.05, 3.63) is 83.9 Å². The second-order valence-electron chi connectivity index (χ2n) is 6.90. The van der Waals surface area contributed by atoms with Crippen LogP contribution in [0.2, 0.25) is 0 Å². The van der Waals surface area contributed by atoms with Crippen molar-refractivity contribution in [1.82, 2.24) is 8.87 Å². The van der Waals surface area contributed by atoms with Crippen molar-refractivity contribution in [2.24, 2.45) is 0 Å². The van der Waals surface area contributed by atoms with Crippen LogP contribution in [0.3, 0.4) is 0 Å². The molecule has 3 aromatic rings. The first-order valence-corrected chi connectivity index (χ1v) is 10.6. The quantitative estimate of drug-likeness (QED) is 0.713. The third-order valence-corrected chi connectivity index (χ3v) is 6.84. The molecule has 29 heavy (non-hydrogen) atoms. The topological polar surface area (TPSA) is 71.4 Å². The Bertz CT molecular complexity index is 1140. The van der Waals surface area contributed by atoms with E-state index in [2.05, 4.69) is 5.32 Å². The Kier molecular flexibility index (Phi) is 4.97. The summed E-state index contributed by atoms with van der Waals surface area (Å²) in [5, 5.41) is 2.63. The zero-order chi connectivity index (χ0) is 20.6. The number of hydrogen-bond donors (Lipinski definition) is 1. The van der Waals surface area contributed by atoms with Crippen molar-refractivity contribution in [1.29, 1.82) is 0 Å². The number of rotatable bonds is 4. The molecule has 1 aliphatic rings. The molecule has 0 bridgehead atoms. The lowest BCUT2D eigenvalue weighted by Gasteiger charge is -2.36. The van der Waals surface area contributed by atoms with Gasteiger partial charge in [0.1, 0.15) is 5.82 Å². The van der Waals surface area contributed by atoms with Crippen LogP contribution in [0.4, 0.5) is 10.1 Å². The summed E-state index contributed by atoms with van der Waals surface area (Å²) in [6.45, 7) is 2.21. The highest BCUT2D eigenvalue weighted by Gasteiger charge is 2.37. The van der Waals surface area contributed by atoms with Gasteiger partial charge in [0.25, 0.3) is 0 Å². The van der Waals surface area contributed by atoms with Gasteiger partial charge in [-0.1, -0.05) is 12.1 Å². The first-order valence-electron chi connectivity index (χ1n) is 9.16. The first-order chi connectivity index (χ1) is 13.9. The van der Waals surface area contributed by atoms with Gasteiger partial charge in [-0.25, -0.2) is 12.8 Å². The van der Waals surface area contributed by atoms with Crippen molar-refractivity contribution < 1.29 is 17.6 Å². The number of amides is 1. The number of carbonyl (C=O) groups is 1. The maximum Gasteiger partial charge on any atom is 0.244 e. The van der Waals surface area contributed by atoms with E-state index in [1.807, 2.05) is 22.9 Å². The van der Waals surface area contributed by atoms with Crippen LogP contribution in [0.15, 0.2) is 71.8 Å². The number of nitrogens with zero attached hydrogens (tertiary/aromatic N) is 2. The molecule has 6 nitrogen and oxygen atoms in total. The second-order valence-corrected chi connectivity index (χ2v) is 8.79. The molecule has 1 amide bonds. The molecule has 1 N–H and O–H groups in total. The number of anilines is 1. The third-order valence-electron chi connectivity index (χ3n) is 4.96. The zero-order valence-corrected chi connectivity index (χ0v) is 16.6. The zero-order valence-electron chi connectivity index (χ0n) is 15.7. The minimum Gasteiger partial charge on any atom is -0.348 e. The molecule has 0 radical (unpaired) electrons. The molecule has 0 spiro atoms. The number of sulfonamides is 1. The Hall–Kier alpha value is -2.97. The molecule has 0 aliphatic carbocycles. The van der Waals surface area contributed by atoms with E-state index in [0.29, 0.717) is 24.3 Å². The normalized spacial score (nSPS) is 17.0. The molecule has 8 heteroatoms. The van der Waals surface area contributed by atoms with Gasteiger partial charge in [0.15, 0.2) is 0 Å². The van der Waals surface area contributed by atoms with Crippen LogP contribution in [-0.2, 0) is 21.4 Å². The molecule has 1 atom stereocenters. The predicted octanol–water partition coefficient (Wildman–Crippen LogP) is 3.38. The molecule has 2 heterocycles. The van der Waals surface area contributed by atoms with Crippen molar-refractivity contribution in [2.45, 2.75) is 24.4 Å². The number of nitrogens with one attached hydrogen (secondary N) is 1. The van der Waals surface area contributed by atoms with Crippen LogP contribution in [0.1, 0.15) is 24.2 Å². The smallest absolute Gasteiger partial charge is 0.244 e. The maximum atomic E-state index is 13.5. The van der Waals surface area contributed by atoms with Crippen LogP contribution < -0.4 is 5.32 Å². The Morgan fingerprint density at radius 2 is 1.72 bits per heavy atom. The monoisotopic (exact) mass is 413 g/mol. The van der Waals surface area contributed by atoms with Gasteiger partial charge in [-0.05, 0) is 54.1 Å². The maximum absolute atomic E-state index is 13.5. The van der Waals surface area contributed by atoms with Gasteiger partial charge >= 0.3 is 0 Å². The molecular formula is C21H20FN3O3S. The van der Waals surface area contributed by atoms with E-state index in [0.717, 1.165) is 5.69 Å². The summed E-state index contributed by atoms with van der Waals surface area (Å²) in [6, 6.07) is 15.2. The summed E-state index contributed by atoms with van der Waals surface area (Å²) in [5.41, 5.74) is 2.06. The standard InChI is InChI=1S/C21H20FN3O3S/c1-15(26)23-18-8-10-19(11-9-18)29(27,28)25-14-13-24-12-2-3-20(24)21(25)16-4-6-17(22)7-5-16/h2-12,21H,13-14H2,1H3,(H,23,26)/t21-/m1/s1. The SMILES string of the molecule is CC(=O)Nc1ccc(S(=O)(=O)N2CCn3cccc3[C@H]2c2ccc(F)cc2)cc1. The van der Waals surface area contributed by atoms with E-state index in [4.69, 9.17) is 0 Å². The molecular weight excluding hydrogens is 393 g/mol. The van der Waals surface area contributed by atoms with Crippen LogP contribution in [0.25, 0.3) is 0 Å². The van der Waals surface area contributed by atoms with Crippen LogP contribution in [0.5, 0.6) is 0 Å². The van der Waals surface area contributed by atoms with Gasteiger partial charge in [-0.3, -0.25) is 4.79 Å². The fourth-order valence-electron chi connectivity index (χ4n) is 3.65. The van der Waals surface area contributed by atoms with E-state index >= 15 is 0 Å². The summed E-state index contributed by atoms with van der Waals surface area (Å²) in [5.74, 6) is -0.600. The third kappa shape index (κ3) is 3.68. The van der Waals surface area contributed by atoms with Crippen LogP contribution in [0, 0.1) is 5.82 Å². The highest BCUT2D eigenvalue weighted by atomic mass is 32.2. The van der Waals surface area contributed by atoms with E-state index in [1.165, 1.54) is 35.5 Å². The van der Waals surface area contributed by atoms with Gasteiger partial charge in [-0.2, -0.15) is 4.31 Å². The lowest BCUT2D eigenvalue weighted by atomic mass is 10.0. The molecule has 150 valence electrons. The number of hydrogen-bond acceptors (Lipinski definition) is 3. The minimum absolute atomic E-state index is 0.138. The summed E-state index contributed by atoms with van der Waals surface area (Å²) in [7, 11) is -3.82. The fraction of sp³-hybridized carbons (Fsp3) is 0.190. The summed E-state index contributed by atoms with van der Waals surface area (Å²) < 4.78 is 43.8. The number of benzene rings is 2. The van der Waals surface area contributed by atoms with Gasteiger partial charge < -0.3 is 9.88 Å². The number of aromatic nitrogens is 1. The lowest BCUT2D eigenvalue weighted by molar-refractivity contribution is -0.114. The van der Waals surface area contributed by atoms with Crippen molar-refractivity contribution >= 4 is 21.6 Å². The Morgan fingerprint density at radius 1 is 1.03 bits per heavy atom. The van der Waals surface area contributed by atoms with Gasteiger partial charge in [0, 0.05) is 37.6 Å². The average Bonchev–Trinajstić information content (AvgIpc) is 3.17. The summed E-state index contributed by atoms with van der Waals surface area (Å²) in [4.78, 5) is 11.3. The Labute approximate surface area is 168 Å². The molecule has 0 saturated heterocycles. The number of fused-ring (bicyclic) bond motifs is 1. The van der Waals surface area contributed by atoms with Crippen molar-refractivity contribution in [3.63, 3.8) is 0 Å². The van der Waals surface area contributed by atoms with E-state index < -0.39 is 16.1 Å². The Morgan fingerprint density at radius 3 is 2.38 bits per heavy atom. The van der Waals surface area contributed by atoms with Gasteiger partial charge in [0.2, 0.25) is 15.9 Å². The van der Waals surface area contributed by atoms with E-state index in [1.54, 1.807) is 24.3 Å². The molecule has 0 unspecified atom stereocenters. The second kappa shape index (κ2) is 7.46. The van der Waals surface area contributed by atoms with E-state index in [9.17, 15) is 17.6 Å². The van der Waals surface area contributed by atoms with Gasteiger partial charge in [-0.15, -0.1) is 0 Å². The molecule has 0 saturated carbocycles. The molecule has 2 aromatic carbocycles. The number of halogens is 1. The van der Waals surface area contributed by atoms with Crippen LogP contribution in [-0.4, -0.2) is 29.7 Å². The van der Waals surface area contributed by atoms with E-state index in [-0.39, 0.29) is 16.6 Å². The first kappa shape index (κ1) is 19.4. The highest BCUT2D eigenvalue weighted by molar-refractivity contribution is 7.89. The fourth-order valence-corrected chi connectivity index (χ4v) is 5.23. The van der Waals surface area contributed by atoms with Crippen molar-refractivity contribution in [3.8, 4) is 0 Å². The van der Waals surface area contributed by atoms with Gasteiger partial charge in [0.05, 0.1) is 10.9 Å². The Balaban J connectivity index is 1.75. The molecule has 1 aliphatic heterocycles. The predicted molar refractivity (Wildman–Crippen MR) is 107 cm³/mol. The summed E-state index contributed by atoms with van der Waals surface area (Å²) in [6.07, 6.45) is 1.91. The number of carbonyl (C=O) groups excluding carboxylic acids is 1. The highest BCUT2D eigenvalue weighted by Crippen LogP contribution is 2.36.